The van der Waals surface area contributed by atoms with Gasteiger partial charge in [-0.15, -0.1) is 0 Å². The first-order chi connectivity index (χ1) is 9.19. The number of ether oxygens (including phenoxy) is 1. The monoisotopic (exact) mass is 261 g/mol. The van der Waals surface area contributed by atoms with Crippen LogP contribution in [0.25, 0.3) is 0 Å². The highest BCUT2D eigenvalue weighted by atomic mass is 16.5. The molecule has 1 aliphatic rings. The van der Waals surface area contributed by atoms with Crippen molar-refractivity contribution in [1.29, 1.82) is 0 Å². The van der Waals surface area contributed by atoms with E-state index in [-0.39, 0.29) is 11.9 Å². The third-order valence-electron chi connectivity index (χ3n) is 3.59. The fourth-order valence-corrected chi connectivity index (χ4v) is 2.44. The summed E-state index contributed by atoms with van der Waals surface area (Å²) in [6, 6.07) is 7.97. The molecule has 0 bridgehead atoms. The summed E-state index contributed by atoms with van der Waals surface area (Å²) >= 11 is 0. The van der Waals surface area contributed by atoms with Crippen LogP contribution in [0.5, 0.6) is 0 Å². The zero-order chi connectivity index (χ0) is 13.7. The lowest BCUT2D eigenvalue weighted by molar-refractivity contribution is 0.0657. The van der Waals surface area contributed by atoms with E-state index in [0.717, 1.165) is 38.1 Å². The van der Waals surface area contributed by atoms with Gasteiger partial charge in [-0.25, -0.2) is 0 Å². The van der Waals surface area contributed by atoms with E-state index in [2.05, 4.69) is 18.7 Å². The number of benzene rings is 1. The smallest absolute Gasteiger partial charge is 0.176 e. The molecule has 1 fully saturated rings. The van der Waals surface area contributed by atoms with Crippen molar-refractivity contribution in [3.63, 3.8) is 0 Å². The van der Waals surface area contributed by atoms with Crippen LogP contribution in [0.2, 0.25) is 0 Å². The summed E-state index contributed by atoms with van der Waals surface area (Å²) in [6.07, 6.45) is 2.24. The fourth-order valence-electron chi connectivity index (χ4n) is 2.44. The SMILES string of the molecule is CCc1ccc(C(=O)CN2CCCOC(C)C2)cc1. The van der Waals surface area contributed by atoms with Crippen LogP contribution in [0, 0.1) is 0 Å². The van der Waals surface area contributed by atoms with Gasteiger partial charge in [-0.05, 0) is 25.3 Å². The minimum absolute atomic E-state index is 0.205. The third kappa shape index (κ3) is 4.15. The topological polar surface area (TPSA) is 29.5 Å². The number of carbonyl (C=O) groups excluding carboxylic acids is 1. The van der Waals surface area contributed by atoms with Crippen molar-refractivity contribution in [2.24, 2.45) is 0 Å². The Kier molecular flexibility index (Phi) is 5.11. The van der Waals surface area contributed by atoms with Crippen molar-refractivity contribution >= 4 is 5.78 Å². The van der Waals surface area contributed by atoms with E-state index >= 15 is 0 Å². The number of aryl methyl sites for hydroxylation is 1. The summed E-state index contributed by atoms with van der Waals surface area (Å²) < 4.78 is 5.60. The summed E-state index contributed by atoms with van der Waals surface area (Å²) in [6.45, 7) is 7.28. The molecular weight excluding hydrogens is 238 g/mol. The Morgan fingerprint density at radius 1 is 1.37 bits per heavy atom. The molecular formula is C16H23NO2. The van der Waals surface area contributed by atoms with Gasteiger partial charge in [0.25, 0.3) is 0 Å². The zero-order valence-corrected chi connectivity index (χ0v) is 11.9. The van der Waals surface area contributed by atoms with Crippen LogP contribution >= 0.6 is 0 Å². The fraction of sp³-hybridized carbons (Fsp3) is 0.562. The molecule has 0 amide bonds. The van der Waals surface area contributed by atoms with Gasteiger partial charge in [-0.3, -0.25) is 9.69 Å². The number of Topliss-reactive ketones (excluding diaryl/α,β-unsaturated/α-hetero) is 1. The van der Waals surface area contributed by atoms with Crippen molar-refractivity contribution in [2.75, 3.05) is 26.2 Å². The molecule has 0 aromatic heterocycles. The molecule has 0 N–H and O–H groups in total. The minimum Gasteiger partial charge on any atom is -0.377 e. The first kappa shape index (κ1) is 14.2. The number of hydrogen-bond acceptors (Lipinski definition) is 3. The second kappa shape index (κ2) is 6.83. The lowest BCUT2D eigenvalue weighted by Gasteiger charge is -2.20. The van der Waals surface area contributed by atoms with Crippen LogP contribution in [0.1, 0.15) is 36.2 Å². The summed E-state index contributed by atoms with van der Waals surface area (Å²) in [7, 11) is 0. The average molecular weight is 261 g/mol. The van der Waals surface area contributed by atoms with E-state index < -0.39 is 0 Å². The second-order valence-electron chi connectivity index (χ2n) is 5.24. The van der Waals surface area contributed by atoms with Crippen molar-refractivity contribution in [3.8, 4) is 0 Å². The number of hydrogen-bond donors (Lipinski definition) is 0. The van der Waals surface area contributed by atoms with Crippen molar-refractivity contribution in [1.82, 2.24) is 4.90 Å². The molecule has 0 spiro atoms. The molecule has 0 aliphatic carbocycles. The highest BCUT2D eigenvalue weighted by Gasteiger charge is 2.18. The Labute approximate surface area is 115 Å². The summed E-state index contributed by atoms with van der Waals surface area (Å²) in [5.41, 5.74) is 2.09. The molecule has 1 aromatic carbocycles. The van der Waals surface area contributed by atoms with Gasteiger partial charge in [0.1, 0.15) is 0 Å². The van der Waals surface area contributed by atoms with E-state index in [0.29, 0.717) is 6.54 Å². The van der Waals surface area contributed by atoms with E-state index in [4.69, 9.17) is 4.74 Å². The molecule has 3 nitrogen and oxygen atoms in total. The predicted octanol–water partition coefficient (Wildman–Crippen LogP) is 2.54. The van der Waals surface area contributed by atoms with Crippen molar-refractivity contribution in [3.05, 3.63) is 35.4 Å². The van der Waals surface area contributed by atoms with Crippen LogP contribution in [0.15, 0.2) is 24.3 Å². The van der Waals surface area contributed by atoms with E-state index in [1.807, 2.05) is 24.3 Å². The molecule has 0 saturated carbocycles. The molecule has 1 unspecified atom stereocenters. The molecule has 1 aliphatic heterocycles. The summed E-state index contributed by atoms with van der Waals surface area (Å²) in [5.74, 6) is 0.205. The van der Waals surface area contributed by atoms with Gasteiger partial charge >= 0.3 is 0 Å². The average Bonchev–Trinajstić information content (AvgIpc) is 2.63. The zero-order valence-electron chi connectivity index (χ0n) is 11.9. The van der Waals surface area contributed by atoms with Gasteiger partial charge in [-0.2, -0.15) is 0 Å². The molecule has 19 heavy (non-hydrogen) atoms. The van der Waals surface area contributed by atoms with Crippen molar-refractivity contribution in [2.45, 2.75) is 32.8 Å². The first-order valence-electron chi connectivity index (χ1n) is 7.15. The Balaban J connectivity index is 1.95. The molecule has 0 radical (unpaired) electrons. The molecule has 1 atom stereocenters. The van der Waals surface area contributed by atoms with Gasteiger partial charge in [0.05, 0.1) is 12.6 Å². The Hall–Kier alpha value is -1.19. The number of rotatable bonds is 4. The normalized spacial score (nSPS) is 21.1. The maximum Gasteiger partial charge on any atom is 0.176 e. The molecule has 1 heterocycles. The maximum atomic E-state index is 12.2. The summed E-state index contributed by atoms with van der Waals surface area (Å²) in [4.78, 5) is 14.5. The molecule has 104 valence electrons. The summed E-state index contributed by atoms with van der Waals surface area (Å²) in [5, 5.41) is 0. The largest absolute Gasteiger partial charge is 0.377 e. The lowest BCUT2D eigenvalue weighted by atomic mass is 10.1. The molecule has 1 aromatic rings. The van der Waals surface area contributed by atoms with E-state index in [1.165, 1.54) is 5.56 Å². The van der Waals surface area contributed by atoms with Crippen LogP contribution in [-0.4, -0.2) is 43.0 Å². The quantitative estimate of drug-likeness (QED) is 0.780. The van der Waals surface area contributed by atoms with E-state index in [9.17, 15) is 4.79 Å². The molecule has 3 heteroatoms. The predicted molar refractivity (Wildman–Crippen MR) is 76.6 cm³/mol. The van der Waals surface area contributed by atoms with Gasteiger partial charge in [0.15, 0.2) is 5.78 Å². The van der Waals surface area contributed by atoms with Crippen LogP contribution in [-0.2, 0) is 11.2 Å². The van der Waals surface area contributed by atoms with Gasteiger partial charge < -0.3 is 4.74 Å². The van der Waals surface area contributed by atoms with Crippen LogP contribution in [0.4, 0.5) is 0 Å². The number of carbonyl (C=O) groups is 1. The first-order valence-corrected chi connectivity index (χ1v) is 7.15. The van der Waals surface area contributed by atoms with Gasteiger partial charge in [0.2, 0.25) is 0 Å². The Bertz CT molecular complexity index is 413. The van der Waals surface area contributed by atoms with Gasteiger partial charge in [0, 0.05) is 25.3 Å². The van der Waals surface area contributed by atoms with Gasteiger partial charge in [-0.1, -0.05) is 31.2 Å². The second-order valence-corrected chi connectivity index (χ2v) is 5.24. The highest BCUT2D eigenvalue weighted by molar-refractivity contribution is 5.97. The maximum absolute atomic E-state index is 12.2. The highest BCUT2D eigenvalue weighted by Crippen LogP contribution is 2.09. The Morgan fingerprint density at radius 3 is 2.79 bits per heavy atom. The minimum atomic E-state index is 0.205. The lowest BCUT2D eigenvalue weighted by Crippen LogP contribution is -2.34. The van der Waals surface area contributed by atoms with Crippen molar-refractivity contribution < 1.29 is 9.53 Å². The molecule has 2 rings (SSSR count). The number of nitrogens with zero attached hydrogens (tertiary/aromatic N) is 1. The van der Waals surface area contributed by atoms with Crippen LogP contribution < -0.4 is 0 Å². The Morgan fingerprint density at radius 2 is 2.11 bits per heavy atom. The molecule has 1 saturated heterocycles. The van der Waals surface area contributed by atoms with Crippen LogP contribution in [0.3, 0.4) is 0 Å². The third-order valence-corrected chi connectivity index (χ3v) is 3.59. The standard InChI is InChI=1S/C16H23NO2/c1-3-14-5-7-15(8-6-14)16(18)12-17-9-4-10-19-13(2)11-17/h5-8,13H,3-4,9-12H2,1-2H3. The number of ketones is 1. The van der Waals surface area contributed by atoms with E-state index in [1.54, 1.807) is 0 Å².